The first kappa shape index (κ1) is 21.7. The van der Waals surface area contributed by atoms with Gasteiger partial charge in [0.1, 0.15) is 5.82 Å². The van der Waals surface area contributed by atoms with Gasteiger partial charge in [0.15, 0.2) is 0 Å². The molecule has 1 heterocycles. The quantitative estimate of drug-likeness (QED) is 0.776. The van der Waals surface area contributed by atoms with E-state index in [9.17, 15) is 17.6 Å². The molecule has 0 saturated carbocycles. The summed E-state index contributed by atoms with van der Waals surface area (Å²) in [6, 6.07) is 3.95. The minimum Gasteiger partial charge on any atom is -0.329 e. The van der Waals surface area contributed by atoms with Crippen molar-refractivity contribution in [3.63, 3.8) is 0 Å². The number of sulfonamides is 1. The van der Waals surface area contributed by atoms with Crippen LogP contribution < -0.4 is 15.4 Å². The number of carbonyl (C=O) groups excluding carboxylic acids is 1. The molecule has 2 rings (SSSR count). The van der Waals surface area contributed by atoms with Gasteiger partial charge in [-0.2, -0.15) is 0 Å². The van der Waals surface area contributed by atoms with E-state index in [1.54, 1.807) is 0 Å². The summed E-state index contributed by atoms with van der Waals surface area (Å²) in [6.45, 7) is 4.24. The molecule has 0 unspecified atom stereocenters. The van der Waals surface area contributed by atoms with E-state index in [1.165, 1.54) is 18.2 Å². The maximum absolute atomic E-state index is 14.1. The predicted octanol–water partition coefficient (Wildman–Crippen LogP) is 2.49. The summed E-state index contributed by atoms with van der Waals surface area (Å²) in [6.07, 6.45) is 1.63. The number of hydrogen-bond donors (Lipinski definition) is 2. The molecule has 1 aliphatic heterocycles. The Morgan fingerprint density at radius 1 is 1.36 bits per heavy atom. The number of halogens is 2. The summed E-state index contributed by atoms with van der Waals surface area (Å²) in [5.41, 5.74) is 5.41. The molecule has 1 aromatic rings. The first-order valence-corrected chi connectivity index (χ1v) is 9.72. The molecular weight excluding hydrogens is 369 g/mol. The maximum atomic E-state index is 14.1. The summed E-state index contributed by atoms with van der Waals surface area (Å²) in [5.74, 6) is -0.864. The number of hydrogen-bond acceptors (Lipinski definition) is 4. The van der Waals surface area contributed by atoms with E-state index < -0.39 is 21.3 Å². The van der Waals surface area contributed by atoms with E-state index in [0.29, 0.717) is 24.9 Å². The lowest BCUT2D eigenvalue weighted by Crippen LogP contribution is -2.41. The third kappa shape index (κ3) is 4.24. The fourth-order valence-electron chi connectivity index (χ4n) is 2.91. The first-order chi connectivity index (χ1) is 11.3. The SMILES string of the molecule is CCC(CC)(CN)C(=O)Nc1ccc(F)c(N2CCCS2(=O)=O)c1.Cl. The van der Waals surface area contributed by atoms with Crippen molar-refractivity contribution in [1.82, 2.24) is 0 Å². The van der Waals surface area contributed by atoms with Crippen LogP contribution in [0.15, 0.2) is 18.2 Å². The van der Waals surface area contributed by atoms with Gasteiger partial charge in [-0.05, 0) is 37.5 Å². The highest BCUT2D eigenvalue weighted by Gasteiger charge is 2.34. The Hall–Kier alpha value is -1.38. The predicted molar refractivity (Wildman–Crippen MR) is 100 cm³/mol. The molecule has 1 aliphatic rings. The minimum atomic E-state index is -3.49. The topological polar surface area (TPSA) is 92.5 Å². The third-order valence-electron chi connectivity index (χ3n) is 4.80. The largest absolute Gasteiger partial charge is 0.329 e. The molecule has 3 N–H and O–H groups in total. The molecule has 0 spiro atoms. The van der Waals surface area contributed by atoms with Gasteiger partial charge in [-0.15, -0.1) is 12.4 Å². The van der Waals surface area contributed by atoms with Crippen LogP contribution in [0.4, 0.5) is 15.8 Å². The minimum absolute atomic E-state index is 0. The van der Waals surface area contributed by atoms with Crippen molar-refractivity contribution < 1.29 is 17.6 Å². The molecule has 1 saturated heterocycles. The molecule has 0 bridgehead atoms. The Kier molecular flexibility index (Phi) is 7.22. The van der Waals surface area contributed by atoms with Crippen molar-refractivity contribution in [3.05, 3.63) is 24.0 Å². The number of carbonyl (C=O) groups is 1. The zero-order chi connectivity index (χ0) is 18.0. The van der Waals surface area contributed by atoms with Crippen molar-refractivity contribution in [2.45, 2.75) is 33.1 Å². The fourth-order valence-corrected chi connectivity index (χ4v) is 4.47. The van der Waals surface area contributed by atoms with Crippen molar-refractivity contribution in [2.75, 3.05) is 28.5 Å². The van der Waals surface area contributed by atoms with Crippen LogP contribution in [-0.4, -0.2) is 33.2 Å². The van der Waals surface area contributed by atoms with Crippen LogP contribution in [0.1, 0.15) is 33.1 Å². The second kappa shape index (κ2) is 8.33. The van der Waals surface area contributed by atoms with Crippen LogP contribution in [0.2, 0.25) is 0 Å². The second-order valence-electron chi connectivity index (χ2n) is 6.05. The monoisotopic (exact) mass is 393 g/mol. The van der Waals surface area contributed by atoms with Gasteiger partial charge in [0.25, 0.3) is 0 Å². The summed E-state index contributed by atoms with van der Waals surface area (Å²) in [7, 11) is -3.49. The van der Waals surface area contributed by atoms with Gasteiger partial charge in [-0.1, -0.05) is 13.8 Å². The van der Waals surface area contributed by atoms with Crippen molar-refractivity contribution in [1.29, 1.82) is 0 Å². The van der Waals surface area contributed by atoms with E-state index >= 15 is 0 Å². The molecule has 142 valence electrons. The van der Waals surface area contributed by atoms with Crippen molar-refractivity contribution in [3.8, 4) is 0 Å². The average molecular weight is 394 g/mol. The summed E-state index contributed by atoms with van der Waals surface area (Å²) in [5, 5.41) is 2.75. The van der Waals surface area contributed by atoms with Crippen LogP contribution in [-0.2, 0) is 14.8 Å². The molecule has 9 heteroatoms. The molecule has 1 aromatic carbocycles. The average Bonchev–Trinajstić information content (AvgIpc) is 2.90. The number of anilines is 2. The number of benzene rings is 1. The number of nitrogens with one attached hydrogen (secondary N) is 1. The Morgan fingerprint density at radius 3 is 2.48 bits per heavy atom. The number of nitrogens with two attached hydrogens (primary N) is 1. The highest BCUT2D eigenvalue weighted by molar-refractivity contribution is 7.93. The number of rotatable bonds is 6. The van der Waals surface area contributed by atoms with E-state index in [-0.39, 0.29) is 42.8 Å². The molecule has 0 aromatic heterocycles. The Morgan fingerprint density at radius 2 is 2.00 bits per heavy atom. The molecule has 1 fully saturated rings. The fraction of sp³-hybridized carbons (Fsp3) is 0.562. The molecular formula is C16H25ClFN3O3S. The summed E-state index contributed by atoms with van der Waals surface area (Å²) < 4.78 is 39.2. The summed E-state index contributed by atoms with van der Waals surface area (Å²) in [4.78, 5) is 12.6. The smallest absolute Gasteiger partial charge is 0.235 e. The number of nitrogens with zero attached hydrogens (tertiary/aromatic N) is 1. The van der Waals surface area contributed by atoms with Crippen molar-refractivity contribution >= 4 is 39.7 Å². The van der Waals surface area contributed by atoms with Gasteiger partial charge in [-0.3, -0.25) is 9.10 Å². The third-order valence-corrected chi connectivity index (χ3v) is 6.65. The molecule has 0 atom stereocenters. The van der Waals surface area contributed by atoms with Crippen LogP contribution in [0.3, 0.4) is 0 Å². The lowest BCUT2D eigenvalue weighted by molar-refractivity contribution is -0.125. The van der Waals surface area contributed by atoms with E-state index in [2.05, 4.69) is 5.32 Å². The van der Waals surface area contributed by atoms with Gasteiger partial charge in [-0.25, -0.2) is 12.8 Å². The van der Waals surface area contributed by atoms with Crippen LogP contribution in [0.5, 0.6) is 0 Å². The highest BCUT2D eigenvalue weighted by Crippen LogP contribution is 2.31. The molecule has 0 aliphatic carbocycles. The lowest BCUT2D eigenvalue weighted by Gasteiger charge is -2.28. The van der Waals surface area contributed by atoms with E-state index in [1.807, 2.05) is 13.8 Å². The van der Waals surface area contributed by atoms with Gasteiger partial charge in [0.2, 0.25) is 15.9 Å². The molecule has 6 nitrogen and oxygen atoms in total. The second-order valence-corrected chi connectivity index (χ2v) is 8.07. The lowest BCUT2D eigenvalue weighted by atomic mass is 9.81. The standard InChI is InChI=1S/C16H24FN3O3S.ClH/c1-3-16(4-2,11-18)15(21)19-12-6-7-13(17)14(10-12)20-8-5-9-24(20,22)23;/h6-7,10H,3-5,8-9,11,18H2,1-2H3,(H,19,21);1H. The zero-order valence-electron chi connectivity index (χ0n) is 14.4. The van der Waals surface area contributed by atoms with Gasteiger partial charge < -0.3 is 11.1 Å². The van der Waals surface area contributed by atoms with Gasteiger partial charge in [0, 0.05) is 18.8 Å². The van der Waals surface area contributed by atoms with E-state index in [0.717, 1.165) is 4.31 Å². The normalized spacial score (nSPS) is 16.4. The molecule has 0 radical (unpaired) electrons. The van der Waals surface area contributed by atoms with Gasteiger partial charge >= 0.3 is 0 Å². The zero-order valence-corrected chi connectivity index (χ0v) is 16.1. The maximum Gasteiger partial charge on any atom is 0.235 e. The van der Waals surface area contributed by atoms with Crippen LogP contribution in [0, 0.1) is 11.2 Å². The molecule has 1 amide bonds. The van der Waals surface area contributed by atoms with E-state index in [4.69, 9.17) is 5.73 Å². The summed E-state index contributed by atoms with van der Waals surface area (Å²) >= 11 is 0. The Balaban J connectivity index is 0.00000312. The van der Waals surface area contributed by atoms with Gasteiger partial charge in [0.05, 0.1) is 16.9 Å². The Bertz CT molecular complexity index is 715. The number of amides is 1. The first-order valence-electron chi connectivity index (χ1n) is 8.11. The highest BCUT2D eigenvalue weighted by atomic mass is 35.5. The molecule has 25 heavy (non-hydrogen) atoms. The van der Waals surface area contributed by atoms with Crippen molar-refractivity contribution in [2.24, 2.45) is 11.1 Å². The van der Waals surface area contributed by atoms with Crippen LogP contribution in [0.25, 0.3) is 0 Å². The Labute approximate surface area is 154 Å². The van der Waals surface area contributed by atoms with Crippen LogP contribution >= 0.6 is 12.4 Å².